The highest BCUT2D eigenvalue weighted by atomic mass is 16.5. The monoisotopic (exact) mass is 1060 g/mol. The fourth-order valence-electron chi connectivity index (χ4n) is 11.5. The van der Waals surface area contributed by atoms with Crippen molar-refractivity contribution in [1.29, 1.82) is 0 Å². The van der Waals surface area contributed by atoms with Gasteiger partial charge in [-0.15, -0.1) is 0 Å². The molecule has 8 nitrogen and oxygen atoms in total. The Hall–Kier alpha value is -5.28. The van der Waals surface area contributed by atoms with Crippen molar-refractivity contribution in [3.05, 3.63) is 164 Å². The van der Waals surface area contributed by atoms with E-state index in [0.29, 0.717) is 24.3 Å². The molecule has 6 rings (SSSR count). The van der Waals surface area contributed by atoms with Crippen molar-refractivity contribution in [3.8, 4) is 11.5 Å². The fourth-order valence-corrected chi connectivity index (χ4v) is 11.5. The smallest absolute Gasteiger partial charge is 0.261 e. The summed E-state index contributed by atoms with van der Waals surface area (Å²) in [5, 5.41) is 21.0. The average molecular weight is 1070 g/mol. The molecule has 2 amide bonds. The molecule has 0 spiro atoms. The van der Waals surface area contributed by atoms with E-state index in [9.17, 15) is 19.8 Å². The summed E-state index contributed by atoms with van der Waals surface area (Å²) in [5.74, 6) is 1.52. The Morgan fingerprint density at radius 3 is 1.18 bits per heavy atom. The molecule has 8 heteroatoms. The molecule has 0 aromatic heterocycles. The van der Waals surface area contributed by atoms with Crippen LogP contribution in [0.2, 0.25) is 0 Å². The van der Waals surface area contributed by atoms with Crippen molar-refractivity contribution in [2.24, 2.45) is 16.6 Å². The van der Waals surface area contributed by atoms with E-state index in [-0.39, 0.29) is 45.7 Å². The van der Waals surface area contributed by atoms with Gasteiger partial charge in [0, 0.05) is 17.4 Å². The van der Waals surface area contributed by atoms with Crippen LogP contribution in [0.15, 0.2) is 97.1 Å². The number of aryl methyl sites for hydroxylation is 6. The molecule has 0 fully saturated rings. The molecule has 4 N–H and O–H groups in total. The van der Waals surface area contributed by atoms with Gasteiger partial charge < -0.3 is 25.4 Å². The summed E-state index contributed by atoms with van der Waals surface area (Å²) in [5.41, 5.74) is 19.3. The summed E-state index contributed by atoms with van der Waals surface area (Å²) in [7, 11) is 0. The average Bonchev–Trinajstić information content (AvgIpc) is 3.66. The highest BCUT2D eigenvalue weighted by Crippen LogP contribution is 2.43. The van der Waals surface area contributed by atoms with Gasteiger partial charge in [0.15, 0.2) is 0 Å². The lowest BCUT2D eigenvalue weighted by Gasteiger charge is -2.34. The van der Waals surface area contributed by atoms with Gasteiger partial charge in [-0.05, 0) is 215 Å². The number of hydrogen-bond acceptors (Lipinski definition) is 7. The van der Waals surface area contributed by atoms with Crippen LogP contribution >= 0.6 is 0 Å². The predicted octanol–water partition coefficient (Wildman–Crippen LogP) is 15.9. The molecule has 78 heavy (non-hydrogen) atoms. The summed E-state index contributed by atoms with van der Waals surface area (Å²) in [4.78, 5) is 26.5. The van der Waals surface area contributed by atoms with Crippen LogP contribution in [0.25, 0.3) is 0 Å². The number of carbonyl (C=O) groups excluding carboxylic acids is 2. The molecule has 1 aliphatic rings. The number of nitrogens with two attached hydrogens (primary N) is 1. The number of carbonyl (C=O) groups is 2. The summed E-state index contributed by atoms with van der Waals surface area (Å²) in [6.07, 6.45) is 12.6. The Bertz CT molecular complexity index is 2680. The van der Waals surface area contributed by atoms with Gasteiger partial charge >= 0.3 is 0 Å². The zero-order valence-corrected chi connectivity index (χ0v) is 50.7. The van der Waals surface area contributed by atoms with Crippen LogP contribution in [0.5, 0.6) is 11.5 Å². The van der Waals surface area contributed by atoms with Crippen molar-refractivity contribution in [2.45, 2.75) is 210 Å². The van der Waals surface area contributed by atoms with E-state index in [1.807, 2.05) is 0 Å². The topological polar surface area (TPSA) is 122 Å². The van der Waals surface area contributed by atoms with Gasteiger partial charge in [-0.2, -0.15) is 0 Å². The molecular weight excluding hydrogens is 965 g/mol. The number of ether oxygens (including phenoxy) is 2. The van der Waals surface area contributed by atoms with E-state index in [2.05, 4.69) is 170 Å². The second-order valence-electron chi connectivity index (χ2n) is 24.6. The fraction of sp³-hybridized carbons (Fsp3) is 0.543. The first kappa shape index (κ1) is 63.6. The van der Waals surface area contributed by atoms with Crippen LogP contribution in [-0.4, -0.2) is 65.4 Å². The maximum Gasteiger partial charge on any atom is 0.261 e. The maximum atomic E-state index is 12.6. The zero-order valence-electron chi connectivity index (χ0n) is 50.7. The van der Waals surface area contributed by atoms with Crippen LogP contribution in [-0.2, 0) is 23.7 Å². The lowest BCUT2D eigenvalue weighted by Crippen LogP contribution is -2.30. The molecule has 1 heterocycles. The molecule has 5 aromatic carbocycles. The van der Waals surface area contributed by atoms with Crippen LogP contribution in [0, 0.1) is 38.5 Å². The second-order valence-corrected chi connectivity index (χ2v) is 24.6. The number of aliphatic hydroxyl groups is 2. The van der Waals surface area contributed by atoms with Gasteiger partial charge in [-0.25, -0.2) is 0 Å². The SMILES string of the molecule is CCC(CC)(c1ccc(CCC(O)C(C)(C)C)c(C)c1)c1ccc(OCCCCCN)c(C)c1.CCC(CC)(c1ccc(CCC(O)C(C)(C)C)c(C)c1)c1ccc(OCCCCCN2C(=O)c3ccccc3C2=O)c(C)c1. The molecule has 0 saturated carbocycles. The van der Waals surface area contributed by atoms with Crippen molar-refractivity contribution in [1.82, 2.24) is 4.90 Å². The third-order valence-corrected chi connectivity index (χ3v) is 17.3. The molecule has 0 radical (unpaired) electrons. The van der Waals surface area contributed by atoms with Crippen molar-refractivity contribution < 1.29 is 29.3 Å². The first-order valence-corrected chi connectivity index (χ1v) is 29.7. The minimum Gasteiger partial charge on any atom is -0.493 e. The molecule has 0 saturated heterocycles. The Morgan fingerprint density at radius 1 is 0.487 bits per heavy atom. The Balaban J connectivity index is 0.000000298. The van der Waals surface area contributed by atoms with Crippen LogP contribution in [0.1, 0.15) is 223 Å². The van der Waals surface area contributed by atoms with E-state index in [1.54, 1.807) is 24.3 Å². The highest BCUT2D eigenvalue weighted by molar-refractivity contribution is 6.21. The Kier molecular flexibility index (Phi) is 23.4. The predicted molar refractivity (Wildman–Crippen MR) is 325 cm³/mol. The van der Waals surface area contributed by atoms with Gasteiger partial charge in [0.05, 0.1) is 36.5 Å². The van der Waals surface area contributed by atoms with Crippen molar-refractivity contribution >= 4 is 11.8 Å². The summed E-state index contributed by atoms with van der Waals surface area (Å²) < 4.78 is 12.2. The molecule has 2 atom stereocenters. The van der Waals surface area contributed by atoms with E-state index < -0.39 is 0 Å². The zero-order chi connectivity index (χ0) is 57.4. The number of fused-ring (bicyclic) bond motifs is 1. The number of unbranched alkanes of at least 4 members (excludes halogenated alkanes) is 4. The number of rotatable bonds is 27. The number of benzene rings is 5. The molecule has 5 aromatic rings. The third kappa shape index (κ3) is 15.8. The first-order chi connectivity index (χ1) is 37.0. The highest BCUT2D eigenvalue weighted by Gasteiger charge is 2.36. The van der Waals surface area contributed by atoms with Gasteiger partial charge in [0.2, 0.25) is 0 Å². The molecule has 2 unspecified atom stereocenters. The van der Waals surface area contributed by atoms with E-state index in [4.69, 9.17) is 15.2 Å². The minimum absolute atomic E-state index is 0.0152. The van der Waals surface area contributed by atoms with Crippen LogP contribution in [0.4, 0.5) is 0 Å². The minimum atomic E-state index is -0.319. The molecule has 426 valence electrons. The van der Waals surface area contributed by atoms with Gasteiger partial charge in [0.1, 0.15) is 11.5 Å². The van der Waals surface area contributed by atoms with E-state index in [1.165, 1.54) is 55.0 Å². The van der Waals surface area contributed by atoms with Crippen molar-refractivity contribution in [2.75, 3.05) is 26.3 Å². The standard InChI is InChI=1S/C39H51NO4.C31H49NO2/c1-8-39(9-2,30-19-17-29(27(3)25-30)18-22-35(41)38(5,6)7)31-20-21-34(28(4)26-31)44-24-14-10-13-23-40-36(42)32-15-11-12-16-33(32)37(40)43;1-8-31(9-2,27-16-17-28(24(4)22-27)34-20-12-10-11-19-32)26-15-13-25(23(3)21-26)14-18-29(33)30(5,6)7/h11-12,15-17,19-21,25-26,35,41H,8-10,13-14,18,22-24H2,1-7H3;13,15-17,21-22,29,33H,8-12,14,18-20,32H2,1-7H3. The number of aliphatic hydroxyl groups excluding tert-OH is 2. The quantitative estimate of drug-likeness (QED) is 0.0354. The lowest BCUT2D eigenvalue weighted by molar-refractivity contribution is 0.0559. The van der Waals surface area contributed by atoms with Crippen molar-refractivity contribution in [3.63, 3.8) is 0 Å². The molecule has 1 aliphatic heterocycles. The largest absolute Gasteiger partial charge is 0.493 e. The molecule has 0 aliphatic carbocycles. The van der Waals surface area contributed by atoms with Crippen LogP contribution < -0.4 is 15.2 Å². The molecule has 0 bridgehead atoms. The van der Waals surface area contributed by atoms with E-state index in [0.717, 1.165) is 120 Å². The second kappa shape index (κ2) is 28.7. The molecular formula is C70H100N2O6. The maximum absolute atomic E-state index is 12.6. The Labute approximate surface area is 471 Å². The number of imide groups is 1. The first-order valence-electron chi connectivity index (χ1n) is 29.7. The lowest BCUT2D eigenvalue weighted by atomic mass is 9.69. The number of nitrogens with zero attached hydrogens (tertiary/aromatic N) is 1. The summed E-state index contributed by atoms with van der Waals surface area (Å²) >= 11 is 0. The number of amides is 2. The third-order valence-electron chi connectivity index (χ3n) is 17.3. The summed E-state index contributed by atoms with van der Waals surface area (Å²) in [6, 6.07) is 34.3. The van der Waals surface area contributed by atoms with Gasteiger partial charge in [-0.1, -0.05) is 142 Å². The number of hydrogen-bond donors (Lipinski definition) is 3. The van der Waals surface area contributed by atoms with Crippen LogP contribution in [0.3, 0.4) is 0 Å². The summed E-state index contributed by atoms with van der Waals surface area (Å²) in [6.45, 7) is 32.9. The van der Waals surface area contributed by atoms with Gasteiger partial charge in [0.25, 0.3) is 11.8 Å². The normalized spacial score (nSPS) is 13.8. The Morgan fingerprint density at radius 2 is 0.846 bits per heavy atom. The van der Waals surface area contributed by atoms with E-state index >= 15 is 0 Å². The van der Waals surface area contributed by atoms with Gasteiger partial charge in [-0.3, -0.25) is 14.5 Å².